The van der Waals surface area contributed by atoms with Gasteiger partial charge in [-0.05, 0) is 24.3 Å². The minimum atomic E-state index is -0.385. The van der Waals surface area contributed by atoms with Crippen LogP contribution < -0.4 is 18.9 Å². The zero-order valence-electron chi connectivity index (χ0n) is 14.5. The minimum absolute atomic E-state index is 0.293. The molecule has 2 aromatic heterocycles. The lowest BCUT2D eigenvalue weighted by molar-refractivity contribution is 0.0821. The van der Waals surface area contributed by atoms with Crippen molar-refractivity contribution in [3.05, 3.63) is 59.4 Å². The Kier molecular flexibility index (Phi) is 3.42. The zero-order valence-corrected chi connectivity index (χ0v) is 15.3. The third-order valence-electron chi connectivity index (χ3n) is 4.61. The van der Waals surface area contributed by atoms with Crippen molar-refractivity contribution in [3.63, 3.8) is 0 Å². The Hall–Kier alpha value is -3.33. The fourth-order valence-corrected chi connectivity index (χ4v) is 4.13. The lowest BCUT2D eigenvalue weighted by Crippen LogP contribution is -2.24. The lowest BCUT2D eigenvalue weighted by Gasteiger charge is -2.25. The molecule has 0 bridgehead atoms. The van der Waals surface area contributed by atoms with Gasteiger partial charge in [0.1, 0.15) is 13.2 Å². The van der Waals surface area contributed by atoms with E-state index in [2.05, 4.69) is 15.3 Å². The summed E-state index contributed by atoms with van der Waals surface area (Å²) in [5.41, 5.74) is 0. The molecule has 0 unspecified atom stereocenters. The maximum absolute atomic E-state index is 6.05. The van der Waals surface area contributed by atoms with Crippen LogP contribution in [0.2, 0.25) is 0 Å². The molecule has 0 saturated heterocycles. The van der Waals surface area contributed by atoms with Crippen molar-refractivity contribution in [1.82, 2.24) is 19.8 Å². The Morgan fingerprint density at radius 3 is 2.11 bits per heavy atom. The summed E-state index contributed by atoms with van der Waals surface area (Å²) in [6.07, 6.45) is -0.678. The summed E-state index contributed by atoms with van der Waals surface area (Å²) in [4.78, 5) is 0.676. The first kappa shape index (κ1) is 15.7. The van der Waals surface area contributed by atoms with Crippen molar-refractivity contribution in [2.45, 2.75) is 12.2 Å². The number of fused-ring (bicyclic) bond motifs is 3. The Labute approximate surface area is 163 Å². The summed E-state index contributed by atoms with van der Waals surface area (Å²) < 4.78 is 25.4. The number of ether oxygens (including phenoxy) is 4. The van der Waals surface area contributed by atoms with Crippen LogP contribution in [-0.2, 0) is 0 Å². The fraction of sp³-hybridized carbons (Fsp3) is 0.211. The van der Waals surface area contributed by atoms with Gasteiger partial charge in [-0.15, -0.1) is 10.2 Å². The summed E-state index contributed by atoms with van der Waals surface area (Å²) in [6.45, 7) is 0.744. The van der Waals surface area contributed by atoms with Gasteiger partial charge in [-0.1, -0.05) is 35.6 Å². The molecule has 0 amide bonds. The smallest absolute Gasteiger partial charge is 0.234 e. The van der Waals surface area contributed by atoms with Gasteiger partial charge in [0, 0.05) is 0 Å². The Bertz CT molecular complexity index is 1170. The second-order valence-electron chi connectivity index (χ2n) is 6.42. The number of benzene rings is 2. The highest BCUT2D eigenvalue weighted by Gasteiger charge is 2.31. The van der Waals surface area contributed by atoms with E-state index in [-0.39, 0.29) is 12.2 Å². The lowest BCUT2D eigenvalue weighted by atomic mass is 10.2. The summed E-state index contributed by atoms with van der Waals surface area (Å²) in [5, 5.41) is 14.0. The van der Waals surface area contributed by atoms with Crippen molar-refractivity contribution < 1.29 is 18.9 Å². The Morgan fingerprint density at radius 1 is 0.786 bits per heavy atom. The summed E-state index contributed by atoms with van der Waals surface area (Å²) in [5.74, 6) is 3.47. The molecule has 0 spiro atoms. The van der Waals surface area contributed by atoms with E-state index in [1.807, 2.05) is 48.5 Å². The van der Waals surface area contributed by atoms with Crippen molar-refractivity contribution in [2.24, 2.45) is 0 Å². The Balaban J connectivity index is 1.30. The Morgan fingerprint density at radius 2 is 1.39 bits per heavy atom. The van der Waals surface area contributed by atoms with Crippen LogP contribution in [0.3, 0.4) is 0 Å². The molecular formula is C19H14N4O4S. The molecule has 4 aromatic rings. The van der Waals surface area contributed by atoms with Gasteiger partial charge in [-0.25, -0.2) is 0 Å². The van der Waals surface area contributed by atoms with E-state index in [0.29, 0.717) is 35.5 Å². The third-order valence-corrected chi connectivity index (χ3v) is 5.60. The van der Waals surface area contributed by atoms with Crippen LogP contribution in [0.1, 0.15) is 23.0 Å². The van der Waals surface area contributed by atoms with Gasteiger partial charge in [-0.3, -0.25) is 0 Å². The third kappa shape index (κ3) is 2.47. The first-order chi connectivity index (χ1) is 13.8. The molecular weight excluding hydrogens is 380 g/mol. The van der Waals surface area contributed by atoms with Crippen LogP contribution in [0.5, 0.6) is 23.0 Å². The molecule has 28 heavy (non-hydrogen) atoms. The van der Waals surface area contributed by atoms with Crippen LogP contribution in [0, 0.1) is 0 Å². The van der Waals surface area contributed by atoms with E-state index < -0.39 is 0 Å². The van der Waals surface area contributed by atoms with E-state index in [4.69, 9.17) is 18.9 Å². The largest absolute Gasteiger partial charge is 0.485 e. The molecule has 2 aliphatic rings. The van der Waals surface area contributed by atoms with Crippen LogP contribution in [0.4, 0.5) is 0 Å². The van der Waals surface area contributed by atoms with Gasteiger partial charge >= 0.3 is 0 Å². The van der Waals surface area contributed by atoms with Crippen LogP contribution in [-0.4, -0.2) is 33.0 Å². The number of nitrogens with zero attached hydrogens (tertiary/aromatic N) is 4. The van der Waals surface area contributed by atoms with E-state index in [0.717, 1.165) is 16.5 Å². The quantitative estimate of drug-likeness (QED) is 0.516. The van der Waals surface area contributed by atoms with Gasteiger partial charge in [0.05, 0.1) is 0 Å². The molecule has 2 aliphatic heterocycles. The molecule has 2 atom stereocenters. The second-order valence-corrected chi connectivity index (χ2v) is 7.41. The van der Waals surface area contributed by atoms with Gasteiger partial charge in [0.2, 0.25) is 4.96 Å². The molecule has 6 rings (SSSR count). The number of aromatic nitrogens is 4. The predicted molar refractivity (Wildman–Crippen MR) is 99.3 cm³/mol. The highest BCUT2D eigenvalue weighted by molar-refractivity contribution is 7.16. The summed E-state index contributed by atoms with van der Waals surface area (Å²) in [6, 6.07) is 15.2. The summed E-state index contributed by atoms with van der Waals surface area (Å²) >= 11 is 1.43. The second kappa shape index (κ2) is 6.10. The SMILES string of the molecule is c1ccc2c(c1)OC[C@@H](c1nn3c([C@@H]4COc5ccccc5O4)nnc3s1)O2. The first-order valence-corrected chi connectivity index (χ1v) is 9.66. The topological polar surface area (TPSA) is 80.0 Å². The summed E-state index contributed by atoms with van der Waals surface area (Å²) in [7, 11) is 0. The number of para-hydroxylation sites is 4. The average molecular weight is 394 g/mol. The van der Waals surface area contributed by atoms with Gasteiger partial charge in [-0.2, -0.15) is 9.61 Å². The molecule has 0 N–H and O–H groups in total. The number of rotatable bonds is 2. The van der Waals surface area contributed by atoms with Crippen LogP contribution in [0.25, 0.3) is 4.96 Å². The van der Waals surface area contributed by atoms with E-state index in [1.165, 1.54) is 11.3 Å². The molecule has 2 aromatic carbocycles. The standard InChI is InChI=1S/C19H14N4O4S/c1-3-7-13-11(5-1)24-9-15(26-13)17-20-21-19-23(17)22-18(28-19)16-10-25-12-6-2-4-8-14(12)27-16/h1-8,15-16H,9-10H2/t15-,16-/m0/s1. The normalized spacial score (nSPS) is 20.3. The minimum Gasteiger partial charge on any atom is -0.485 e. The molecule has 4 heterocycles. The van der Waals surface area contributed by atoms with Crippen molar-refractivity contribution in [1.29, 1.82) is 0 Å². The zero-order chi connectivity index (χ0) is 18.5. The van der Waals surface area contributed by atoms with Crippen molar-refractivity contribution in [2.75, 3.05) is 13.2 Å². The number of hydrogen-bond acceptors (Lipinski definition) is 8. The fourth-order valence-electron chi connectivity index (χ4n) is 3.27. The molecule has 0 aliphatic carbocycles. The highest BCUT2D eigenvalue weighted by Crippen LogP contribution is 2.38. The van der Waals surface area contributed by atoms with Crippen LogP contribution in [0.15, 0.2) is 48.5 Å². The first-order valence-electron chi connectivity index (χ1n) is 8.84. The highest BCUT2D eigenvalue weighted by atomic mass is 32.1. The molecule has 8 nitrogen and oxygen atoms in total. The van der Waals surface area contributed by atoms with E-state index in [1.54, 1.807) is 4.52 Å². The van der Waals surface area contributed by atoms with Gasteiger partial charge in [0.25, 0.3) is 0 Å². The van der Waals surface area contributed by atoms with Crippen LogP contribution >= 0.6 is 11.3 Å². The van der Waals surface area contributed by atoms with Gasteiger partial charge < -0.3 is 18.9 Å². The monoisotopic (exact) mass is 394 g/mol. The molecule has 0 fully saturated rings. The van der Waals surface area contributed by atoms with E-state index in [9.17, 15) is 0 Å². The van der Waals surface area contributed by atoms with Gasteiger partial charge in [0.15, 0.2) is 46.0 Å². The predicted octanol–water partition coefficient (Wildman–Crippen LogP) is 3.21. The number of hydrogen-bond donors (Lipinski definition) is 0. The van der Waals surface area contributed by atoms with Crippen molar-refractivity contribution in [3.8, 4) is 23.0 Å². The molecule has 140 valence electrons. The van der Waals surface area contributed by atoms with E-state index >= 15 is 0 Å². The maximum Gasteiger partial charge on any atom is 0.234 e. The molecule has 0 saturated carbocycles. The van der Waals surface area contributed by atoms with Crippen molar-refractivity contribution >= 4 is 16.3 Å². The molecule has 9 heteroatoms. The average Bonchev–Trinajstić information content (AvgIpc) is 3.34. The molecule has 0 radical (unpaired) electrons. The maximum atomic E-state index is 6.05.